The van der Waals surface area contributed by atoms with Crippen LogP contribution in [0.15, 0.2) is 41.5 Å². The van der Waals surface area contributed by atoms with E-state index in [1.165, 1.54) is 4.40 Å². The zero-order valence-electron chi connectivity index (χ0n) is 19.8. The van der Waals surface area contributed by atoms with Crippen molar-refractivity contribution in [3.05, 3.63) is 64.0 Å². The van der Waals surface area contributed by atoms with Gasteiger partial charge in [0.25, 0.3) is 5.56 Å². The van der Waals surface area contributed by atoms with E-state index in [1.807, 2.05) is 30.3 Å². The van der Waals surface area contributed by atoms with Crippen LogP contribution in [0, 0.1) is 6.92 Å². The molecule has 184 valence electrons. The van der Waals surface area contributed by atoms with Crippen molar-refractivity contribution in [2.75, 3.05) is 14.2 Å². The van der Waals surface area contributed by atoms with Crippen LogP contribution >= 0.6 is 0 Å². The molecule has 0 aliphatic carbocycles. The van der Waals surface area contributed by atoms with Crippen molar-refractivity contribution in [3.8, 4) is 0 Å². The predicted molar refractivity (Wildman–Crippen MR) is 125 cm³/mol. The van der Waals surface area contributed by atoms with Crippen LogP contribution in [-0.2, 0) is 34.3 Å². The Kier molecular flexibility index (Phi) is 6.56. The topological polar surface area (TPSA) is 142 Å². The van der Waals surface area contributed by atoms with E-state index in [2.05, 4.69) is 20.0 Å². The first-order valence-electron chi connectivity index (χ1n) is 10.8. The maximum Gasteiger partial charge on any atom is 0.407 e. The van der Waals surface area contributed by atoms with Crippen molar-refractivity contribution < 1.29 is 24.2 Å². The Bertz CT molecular complexity index is 1450. The number of nitrogens with zero attached hydrogens (tertiary/aromatic N) is 5. The number of ether oxygens (including phenoxy) is 2. The molecule has 3 heterocycles. The summed E-state index contributed by atoms with van der Waals surface area (Å²) in [7, 11) is 4.03. The van der Waals surface area contributed by atoms with Crippen LogP contribution < -0.4 is 10.9 Å². The molecule has 35 heavy (non-hydrogen) atoms. The number of hydrogen-bond acceptors (Lipinski definition) is 8. The third-order valence-corrected chi connectivity index (χ3v) is 5.89. The Morgan fingerprint density at radius 1 is 1.17 bits per heavy atom. The zero-order chi connectivity index (χ0) is 25.3. The van der Waals surface area contributed by atoms with Crippen LogP contribution in [0.4, 0.5) is 4.79 Å². The second-order valence-electron chi connectivity index (χ2n) is 8.08. The highest BCUT2D eigenvalue weighted by Crippen LogP contribution is 2.18. The molecule has 0 saturated carbocycles. The predicted octanol–water partition coefficient (Wildman–Crippen LogP) is 0.540. The molecule has 0 radical (unpaired) electrons. The van der Waals surface area contributed by atoms with Gasteiger partial charge in [0.1, 0.15) is 0 Å². The Morgan fingerprint density at radius 3 is 2.54 bits per heavy atom. The maximum atomic E-state index is 13.7. The van der Waals surface area contributed by atoms with Crippen LogP contribution in [0.3, 0.4) is 0 Å². The summed E-state index contributed by atoms with van der Waals surface area (Å²) in [5.41, 5.74) is 2.36. The van der Waals surface area contributed by atoms with E-state index in [1.54, 1.807) is 29.4 Å². The number of aromatic nitrogens is 5. The monoisotopic (exact) mass is 482 g/mol. The summed E-state index contributed by atoms with van der Waals surface area (Å²) in [4.78, 5) is 46.5. The summed E-state index contributed by atoms with van der Waals surface area (Å²) in [6.07, 6.45) is -0.885. The Hall–Kier alpha value is -4.19. The van der Waals surface area contributed by atoms with E-state index in [-0.39, 0.29) is 12.0 Å². The highest BCUT2D eigenvalue weighted by molar-refractivity contribution is 5.82. The number of aliphatic hydroxyl groups excluding tert-OH is 1. The molecule has 2 N–H and O–H groups in total. The minimum Gasteiger partial charge on any atom is -0.467 e. The molecule has 4 aromatic rings. The number of rotatable bonds is 7. The second-order valence-corrected chi connectivity index (χ2v) is 8.08. The third-order valence-electron chi connectivity index (χ3n) is 5.89. The van der Waals surface area contributed by atoms with Crippen LogP contribution in [0.2, 0.25) is 0 Å². The lowest BCUT2D eigenvalue weighted by atomic mass is 10.1. The molecule has 12 nitrogen and oxygen atoms in total. The molecule has 0 bridgehead atoms. The number of methoxy groups -OCH3 is 2. The standard InChI is InChI=1S/C23H26N6O6/c1-13-15(10-16(30)17(21(32)34-3)26-23(33)35-4)29-20(31)18-19(27(2)22(29)25-13)24-12-28(18)11-14-8-6-5-7-9-14/h5-9,12,16-17,30H,10-11H2,1-4H3,(H,26,33)/t16-,17-/m0/s1. The molecule has 0 aliphatic rings. The quantitative estimate of drug-likeness (QED) is 0.364. The summed E-state index contributed by atoms with van der Waals surface area (Å²) in [5.74, 6) is -0.520. The smallest absolute Gasteiger partial charge is 0.407 e. The van der Waals surface area contributed by atoms with Crippen LogP contribution in [0.25, 0.3) is 16.9 Å². The van der Waals surface area contributed by atoms with E-state index in [9.17, 15) is 19.5 Å². The maximum absolute atomic E-state index is 13.7. The van der Waals surface area contributed by atoms with E-state index in [4.69, 9.17) is 4.74 Å². The Balaban J connectivity index is 1.81. The van der Waals surface area contributed by atoms with Gasteiger partial charge >= 0.3 is 12.1 Å². The van der Waals surface area contributed by atoms with E-state index >= 15 is 0 Å². The molecule has 0 spiro atoms. The minimum atomic E-state index is -1.42. The summed E-state index contributed by atoms with van der Waals surface area (Å²) in [6, 6.07) is 8.26. The van der Waals surface area contributed by atoms with Gasteiger partial charge in [-0.3, -0.25) is 9.36 Å². The molecule has 0 saturated heterocycles. The van der Waals surface area contributed by atoms with E-state index < -0.39 is 24.2 Å². The minimum absolute atomic E-state index is 0.162. The summed E-state index contributed by atoms with van der Waals surface area (Å²) in [5, 5.41) is 13.1. The van der Waals surface area contributed by atoms with Gasteiger partial charge in [0, 0.05) is 20.0 Å². The molecule has 0 fully saturated rings. The lowest BCUT2D eigenvalue weighted by Crippen LogP contribution is -2.50. The third kappa shape index (κ3) is 4.35. The number of benzene rings is 1. The first kappa shape index (κ1) is 24.0. The summed E-state index contributed by atoms with van der Waals surface area (Å²) in [6.45, 7) is 2.14. The van der Waals surface area contributed by atoms with Gasteiger partial charge in [0.15, 0.2) is 17.2 Å². The highest BCUT2D eigenvalue weighted by Gasteiger charge is 2.32. The molecular formula is C23H26N6O6. The number of nitrogens with one attached hydrogen (secondary N) is 1. The van der Waals surface area contributed by atoms with Crippen molar-refractivity contribution in [1.82, 2.24) is 28.8 Å². The number of aliphatic hydroxyl groups is 1. The Labute approximate surface area is 199 Å². The van der Waals surface area contributed by atoms with Crippen LogP contribution in [0.1, 0.15) is 17.0 Å². The number of alkyl carbamates (subject to hydrolysis) is 1. The molecule has 3 aromatic heterocycles. The molecular weight excluding hydrogens is 456 g/mol. The SMILES string of the molecule is COC(=O)N[C@H](C(=O)OC)[C@@H](O)Cc1c(C)nc2n(C)c3ncn(Cc4ccccc4)c3c(=O)n12. The van der Waals surface area contributed by atoms with Gasteiger partial charge in [-0.25, -0.2) is 24.0 Å². The number of imidazole rings is 2. The largest absolute Gasteiger partial charge is 0.467 e. The first-order valence-corrected chi connectivity index (χ1v) is 10.8. The van der Waals surface area contributed by atoms with Gasteiger partial charge < -0.3 is 24.5 Å². The van der Waals surface area contributed by atoms with Gasteiger partial charge in [-0.15, -0.1) is 0 Å². The van der Waals surface area contributed by atoms with Crippen molar-refractivity contribution in [1.29, 1.82) is 0 Å². The van der Waals surface area contributed by atoms with Crippen molar-refractivity contribution >= 4 is 29.0 Å². The van der Waals surface area contributed by atoms with Gasteiger partial charge in [-0.2, -0.15) is 0 Å². The normalized spacial score (nSPS) is 13.1. The van der Waals surface area contributed by atoms with E-state index in [0.29, 0.717) is 34.9 Å². The number of carbonyl (C=O) groups is 2. The lowest BCUT2D eigenvalue weighted by Gasteiger charge is -2.21. The fourth-order valence-corrected chi connectivity index (χ4v) is 4.10. The van der Waals surface area contributed by atoms with Crippen molar-refractivity contribution in [2.45, 2.75) is 32.0 Å². The average molecular weight is 482 g/mol. The number of hydrogen-bond donors (Lipinski definition) is 2. The van der Waals surface area contributed by atoms with Gasteiger partial charge in [-0.1, -0.05) is 30.3 Å². The Morgan fingerprint density at radius 2 is 1.89 bits per heavy atom. The number of aryl methyl sites for hydroxylation is 2. The molecule has 4 rings (SSSR count). The van der Waals surface area contributed by atoms with Crippen molar-refractivity contribution in [2.24, 2.45) is 7.05 Å². The summed E-state index contributed by atoms with van der Waals surface area (Å²) >= 11 is 0. The molecule has 2 atom stereocenters. The lowest BCUT2D eigenvalue weighted by molar-refractivity contribution is -0.146. The number of esters is 1. The number of carbonyl (C=O) groups excluding carboxylic acids is 2. The average Bonchev–Trinajstić information content (AvgIpc) is 3.42. The van der Waals surface area contributed by atoms with Crippen molar-refractivity contribution in [3.63, 3.8) is 0 Å². The molecule has 0 aliphatic heterocycles. The highest BCUT2D eigenvalue weighted by atomic mass is 16.5. The summed E-state index contributed by atoms with van der Waals surface area (Å²) < 4.78 is 14.1. The number of fused-ring (bicyclic) bond motifs is 2. The van der Waals surface area contributed by atoms with Crippen LogP contribution in [-0.4, -0.2) is 67.0 Å². The molecule has 1 amide bonds. The molecule has 0 unspecified atom stereocenters. The fourth-order valence-electron chi connectivity index (χ4n) is 4.10. The number of amides is 1. The van der Waals surface area contributed by atoms with Crippen LogP contribution in [0.5, 0.6) is 0 Å². The molecule has 1 aromatic carbocycles. The van der Waals surface area contributed by atoms with Gasteiger partial charge in [0.05, 0.1) is 38.0 Å². The van der Waals surface area contributed by atoms with Gasteiger partial charge in [0.2, 0.25) is 5.78 Å². The van der Waals surface area contributed by atoms with Gasteiger partial charge in [-0.05, 0) is 12.5 Å². The fraction of sp³-hybridized carbons (Fsp3) is 0.348. The van der Waals surface area contributed by atoms with E-state index in [0.717, 1.165) is 19.8 Å². The molecule has 12 heteroatoms. The second kappa shape index (κ2) is 9.58. The first-order chi connectivity index (χ1) is 16.8. The zero-order valence-corrected chi connectivity index (χ0v) is 19.8.